The van der Waals surface area contributed by atoms with Crippen molar-refractivity contribution in [1.29, 1.82) is 0 Å². The second-order valence-corrected chi connectivity index (χ2v) is 12.3. The Kier molecular flexibility index (Phi) is 8.42. The number of sulfonamides is 1. The van der Waals surface area contributed by atoms with Gasteiger partial charge in [-0.25, -0.2) is 21.5 Å². The van der Waals surface area contributed by atoms with Crippen LogP contribution in [0.5, 0.6) is 0 Å². The van der Waals surface area contributed by atoms with Gasteiger partial charge in [0.15, 0.2) is 0 Å². The van der Waals surface area contributed by atoms with Crippen molar-refractivity contribution in [3.8, 4) is 0 Å². The second-order valence-electron chi connectivity index (χ2n) is 10.4. The summed E-state index contributed by atoms with van der Waals surface area (Å²) < 4.78 is 53.4. The molecule has 1 N–H and O–H groups in total. The molecular weight excluding hydrogens is 444 g/mol. The fourth-order valence-corrected chi connectivity index (χ4v) is 7.23. The molecule has 0 unspecified atom stereocenters. The molecule has 186 valence electrons. The molecule has 0 bridgehead atoms. The molecule has 0 spiro atoms. The van der Waals surface area contributed by atoms with Gasteiger partial charge in [-0.2, -0.15) is 0 Å². The number of hydrogen-bond acceptors (Lipinski definition) is 4. The Morgan fingerprint density at radius 3 is 2.06 bits per heavy atom. The summed E-state index contributed by atoms with van der Waals surface area (Å²) in [5.74, 6) is 0.890. The predicted octanol–water partition coefficient (Wildman–Crippen LogP) is 3.82. The van der Waals surface area contributed by atoms with Crippen LogP contribution in [0.4, 0.5) is 8.78 Å². The highest BCUT2D eigenvalue weighted by atomic mass is 32.2. The first-order valence-electron chi connectivity index (χ1n) is 12.6. The van der Waals surface area contributed by atoms with Crippen molar-refractivity contribution >= 4 is 10.0 Å². The Balaban J connectivity index is 1.37. The summed E-state index contributed by atoms with van der Waals surface area (Å²) in [6.07, 6.45) is 8.65. The van der Waals surface area contributed by atoms with Crippen LogP contribution in [0.1, 0.15) is 56.4 Å². The van der Waals surface area contributed by atoms with E-state index in [9.17, 15) is 17.2 Å². The van der Waals surface area contributed by atoms with Crippen molar-refractivity contribution in [2.24, 2.45) is 17.8 Å². The normalized spacial score (nSPS) is 24.2. The molecule has 0 aliphatic carbocycles. The highest BCUT2D eigenvalue weighted by Crippen LogP contribution is 2.37. The number of piperidine rings is 3. The van der Waals surface area contributed by atoms with Crippen LogP contribution >= 0.6 is 0 Å². The zero-order valence-electron chi connectivity index (χ0n) is 19.8. The molecule has 0 aromatic heterocycles. The molecule has 3 saturated heterocycles. The Labute approximate surface area is 198 Å². The van der Waals surface area contributed by atoms with Gasteiger partial charge in [-0.15, -0.1) is 0 Å². The van der Waals surface area contributed by atoms with E-state index in [1.54, 1.807) is 0 Å². The van der Waals surface area contributed by atoms with Gasteiger partial charge in [-0.3, -0.25) is 0 Å². The minimum atomic E-state index is -3.20. The van der Waals surface area contributed by atoms with E-state index in [4.69, 9.17) is 0 Å². The van der Waals surface area contributed by atoms with Gasteiger partial charge in [0, 0.05) is 19.2 Å². The number of halogens is 2. The van der Waals surface area contributed by atoms with Crippen molar-refractivity contribution in [3.05, 3.63) is 35.4 Å². The van der Waals surface area contributed by atoms with Gasteiger partial charge in [0.2, 0.25) is 10.0 Å². The minimum absolute atomic E-state index is 0.0408. The van der Waals surface area contributed by atoms with E-state index in [0.29, 0.717) is 13.1 Å². The van der Waals surface area contributed by atoms with Gasteiger partial charge < -0.3 is 10.2 Å². The first-order valence-corrected chi connectivity index (χ1v) is 14.5. The van der Waals surface area contributed by atoms with Crippen LogP contribution in [-0.2, 0) is 10.0 Å². The molecule has 0 radical (unpaired) electrons. The fraction of sp³-hybridized carbons (Fsp3) is 0.760. The van der Waals surface area contributed by atoms with E-state index in [1.807, 2.05) is 0 Å². The lowest BCUT2D eigenvalue weighted by Crippen LogP contribution is -2.41. The standard InChI is InChI=1S/C25H39F2N3O2S/c1-33(31,32)30-14-6-21(7-15-30)25(22-16-23(26)18-24(27)17-22)8-13-29-11-4-20(5-12-29)19-2-9-28-10-3-19/h16-21,25,28H,2-15H2,1H3/t25-/m1/s1. The SMILES string of the molecule is CS(=O)(=O)N1CCC([C@@H](CCN2CCC(C3CCNCC3)CC2)c2cc(F)cc(F)c2)CC1. The molecule has 3 aliphatic heterocycles. The predicted molar refractivity (Wildman–Crippen MR) is 128 cm³/mol. The second kappa shape index (κ2) is 11.1. The maximum Gasteiger partial charge on any atom is 0.211 e. The van der Waals surface area contributed by atoms with E-state index in [-0.39, 0.29) is 11.8 Å². The van der Waals surface area contributed by atoms with Crippen LogP contribution < -0.4 is 5.32 Å². The Bertz CT molecular complexity index is 855. The van der Waals surface area contributed by atoms with Gasteiger partial charge in [0.05, 0.1) is 6.26 Å². The molecular formula is C25H39F2N3O2S. The van der Waals surface area contributed by atoms with Crippen molar-refractivity contribution in [1.82, 2.24) is 14.5 Å². The van der Waals surface area contributed by atoms with E-state index in [0.717, 1.165) is 75.5 Å². The van der Waals surface area contributed by atoms with E-state index in [2.05, 4.69) is 10.2 Å². The number of likely N-dealkylation sites (tertiary alicyclic amines) is 1. The molecule has 0 amide bonds. The van der Waals surface area contributed by atoms with E-state index >= 15 is 0 Å². The van der Waals surface area contributed by atoms with Crippen LogP contribution in [0.25, 0.3) is 0 Å². The lowest BCUT2D eigenvalue weighted by Gasteiger charge is -2.39. The molecule has 0 saturated carbocycles. The maximum atomic E-state index is 14.0. The lowest BCUT2D eigenvalue weighted by atomic mass is 9.77. The van der Waals surface area contributed by atoms with Crippen molar-refractivity contribution in [2.75, 3.05) is 52.1 Å². The average molecular weight is 484 g/mol. The summed E-state index contributed by atoms with van der Waals surface area (Å²) in [4.78, 5) is 2.52. The quantitative estimate of drug-likeness (QED) is 0.641. The number of hydrogen-bond donors (Lipinski definition) is 1. The van der Waals surface area contributed by atoms with Gasteiger partial charge in [-0.1, -0.05) is 0 Å². The van der Waals surface area contributed by atoms with E-state index < -0.39 is 21.7 Å². The zero-order valence-corrected chi connectivity index (χ0v) is 20.6. The lowest BCUT2D eigenvalue weighted by molar-refractivity contribution is 0.123. The number of nitrogens with zero attached hydrogens (tertiary/aromatic N) is 2. The van der Waals surface area contributed by atoms with E-state index in [1.165, 1.54) is 48.4 Å². The van der Waals surface area contributed by atoms with Gasteiger partial charge in [0.25, 0.3) is 0 Å². The average Bonchev–Trinajstić information content (AvgIpc) is 2.79. The first-order chi connectivity index (χ1) is 15.8. The molecule has 1 aromatic carbocycles. The van der Waals surface area contributed by atoms with Gasteiger partial charge >= 0.3 is 0 Å². The molecule has 1 atom stereocenters. The third-order valence-corrected chi connectivity index (χ3v) is 9.59. The monoisotopic (exact) mass is 483 g/mol. The molecule has 3 aliphatic rings. The molecule has 3 fully saturated rings. The Morgan fingerprint density at radius 1 is 0.909 bits per heavy atom. The van der Waals surface area contributed by atoms with Crippen LogP contribution in [0.15, 0.2) is 18.2 Å². The van der Waals surface area contributed by atoms with Crippen molar-refractivity contribution in [2.45, 2.75) is 50.9 Å². The van der Waals surface area contributed by atoms with Crippen LogP contribution in [0, 0.1) is 29.4 Å². The minimum Gasteiger partial charge on any atom is -0.317 e. The summed E-state index contributed by atoms with van der Waals surface area (Å²) >= 11 is 0. The molecule has 33 heavy (non-hydrogen) atoms. The van der Waals surface area contributed by atoms with Crippen LogP contribution in [0.2, 0.25) is 0 Å². The summed E-state index contributed by atoms with van der Waals surface area (Å²) in [7, 11) is -3.20. The van der Waals surface area contributed by atoms with Crippen LogP contribution in [0.3, 0.4) is 0 Å². The summed E-state index contributed by atoms with van der Waals surface area (Å²) in [5.41, 5.74) is 0.717. The number of nitrogens with one attached hydrogen (secondary N) is 1. The summed E-state index contributed by atoms with van der Waals surface area (Å²) in [5, 5.41) is 3.46. The molecule has 4 rings (SSSR count). The number of rotatable bonds is 7. The highest BCUT2D eigenvalue weighted by Gasteiger charge is 2.32. The summed E-state index contributed by atoms with van der Waals surface area (Å²) in [6.45, 7) is 6.40. The van der Waals surface area contributed by atoms with Crippen LogP contribution in [-0.4, -0.2) is 69.7 Å². The highest BCUT2D eigenvalue weighted by molar-refractivity contribution is 7.88. The van der Waals surface area contributed by atoms with Crippen molar-refractivity contribution in [3.63, 3.8) is 0 Å². The Morgan fingerprint density at radius 2 is 1.48 bits per heavy atom. The molecule has 1 aromatic rings. The zero-order chi connectivity index (χ0) is 23.4. The fourth-order valence-electron chi connectivity index (χ4n) is 6.36. The van der Waals surface area contributed by atoms with Crippen molar-refractivity contribution < 1.29 is 17.2 Å². The molecule has 5 nitrogen and oxygen atoms in total. The first kappa shape index (κ1) is 25.0. The molecule has 3 heterocycles. The summed E-state index contributed by atoms with van der Waals surface area (Å²) in [6, 6.07) is 3.87. The smallest absolute Gasteiger partial charge is 0.211 e. The third kappa shape index (κ3) is 6.74. The van der Waals surface area contributed by atoms with Gasteiger partial charge in [0.1, 0.15) is 11.6 Å². The topological polar surface area (TPSA) is 52.7 Å². The van der Waals surface area contributed by atoms with Gasteiger partial charge in [-0.05, 0) is 119 Å². The molecule has 8 heteroatoms. The third-order valence-electron chi connectivity index (χ3n) is 8.29. The largest absolute Gasteiger partial charge is 0.317 e. The number of benzene rings is 1. The Hall–Kier alpha value is -1.09. The maximum absolute atomic E-state index is 14.0.